The molecule has 26 heavy (non-hydrogen) atoms. The number of aromatic nitrogens is 2. The monoisotopic (exact) mass is 349 g/mol. The zero-order valence-corrected chi connectivity index (χ0v) is 15.4. The van der Waals surface area contributed by atoms with E-state index in [2.05, 4.69) is 46.7 Å². The SMILES string of the molecule is Cc1nc(CN2CCC(C(O)Cc3ccccc3)CC2)c2ccccn12. The summed E-state index contributed by atoms with van der Waals surface area (Å²) < 4.78 is 2.16. The molecule has 4 nitrogen and oxygen atoms in total. The summed E-state index contributed by atoms with van der Waals surface area (Å²) in [6, 6.07) is 16.6. The van der Waals surface area contributed by atoms with Gasteiger partial charge in [0.25, 0.3) is 0 Å². The smallest absolute Gasteiger partial charge is 0.110 e. The van der Waals surface area contributed by atoms with E-state index in [1.807, 2.05) is 24.3 Å². The van der Waals surface area contributed by atoms with Gasteiger partial charge in [-0.1, -0.05) is 36.4 Å². The van der Waals surface area contributed by atoms with Crippen LogP contribution in [0.3, 0.4) is 0 Å². The van der Waals surface area contributed by atoms with Gasteiger partial charge in [-0.3, -0.25) is 4.90 Å². The molecule has 1 N–H and O–H groups in total. The Balaban J connectivity index is 1.35. The molecule has 3 heterocycles. The van der Waals surface area contributed by atoms with Crippen LogP contribution in [-0.4, -0.2) is 38.6 Å². The zero-order chi connectivity index (χ0) is 17.9. The highest BCUT2D eigenvalue weighted by Crippen LogP contribution is 2.25. The van der Waals surface area contributed by atoms with Crippen LogP contribution in [0.15, 0.2) is 54.7 Å². The average Bonchev–Trinajstić information content (AvgIpc) is 2.99. The number of rotatable bonds is 5. The van der Waals surface area contributed by atoms with Crippen LogP contribution in [-0.2, 0) is 13.0 Å². The van der Waals surface area contributed by atoms with Gasteiger partial charge in [-0.2, -0.15) is 0 Å². The van der Waals surface area contributed by atoms with Gasteiger partial charge >= 0.3 is 0 Å². The van der Waals surface area contributed by atoms with E-state index in [1.165, 1.54) is 11.1 Å². The van der Waals surface area contributed by atoms with E-state index in [0.29, 0.717) is 5.92 Å². The van der Waals surface area contributed by atoms with Gasteiger partial charge in [-0.15, -0.1) is 0 Å². The Morgan fingerprint density at radius 1 is 1.08 bits per heavy atom. The van der Waals surface area contributed by atoms with E-state index >= 15 is 0 Å². The maximum atomic E-state index is 10.6. The minimum Gasteiger partial charge on any atom is -0.392 e. The van der Waals surface area contributed by atoms with Crippen molar-refractivity contribution in [2.24, 2.45) is 5.92 Å². The minimum atomic E-state index is -0.241. The van der Waals surface area contributed by atoms with Crippen molar-refractivity contribution in [2.75, 3.05) is 13.1 Å². The standard InChI is InChI=1S/C22H27N3O/c1-17-23-20(21-9-5-6-12-25(17)21)16-24-13-10-19(11-14-24)22(26)15-18-7-3-2-4-8-18/h2-9,12,19,22,26H,10-11,13-16H2,1H3. The Morgan fingerprint density at radius 2 is 1.81 bits per heavy atom. The summed E-state index contributed by atoms with van der Waals surface area (Å²) in [4.78, 5) is 7.24. The van der Waals surface area contributed by atoms with Crippen molar-refractivity contribution >= 4 is 5.52 Å². The molecule has 0 bridgehead atoms. The van der Waals surface area contributed by atoms with Crippen LogP contribution in [0.25, 0.3) is 5.52 Å². The third-order valence-corrected chi connectivity index (χ3v) is 5.64. The Labute approximate surface area is 155 Å². The lowest BCUT2D eigenvalue weighted by atomic mass is 9.88. The number of fused-ring (bicyclic) bond motifs is 1. The molecule has 1 aromatic carbocycles. The summed E-state index contributed by atoms with van der Waals surface area (Å²) in [6.45, 7) is 5.01. The maximum Gasteiger partial charge on any atom is 0.110 e. The Morgan fingerprint density at radius 3 is 2.58 bits per heavy atom. The molecule has 1 saturated heterocycles. The fraction of sp³-hybridized carbons (Fsp3) is 0.409. The van der Waals surface area contributed by atoms with Gasteiger partial charge in [0, 0.05) is 12.7 Å². The lowest BCUT2D eigenvalue weighted by Crippen LogP contribution is -2.38. The first-order valence-corrected chi connectivity index (χ1v) is 9.57. The molecular formula is C22H27N3O. The van der Waals surface area contributed by atoms with Gasteiger partial charge in [0.15, 0.2) is 0 Å². The summed E-state index contributed by atoms with van der Waals surface area (Å²) in [7, 11) is 0. The molecule has 0 radical (unpaired) electrons. The van der Waals surface area contributed by atoms with E-state index in [0.717, 1.165) is 50.4 Å². The zero-order valence-electron chi connectivity index (χ0n) is 15.4. The van der Waals surface area contributed by atoms with Crippen LogP contribution >= 0.6 is 0 Å². The molecule has 1 fully saturated rings. The van der Waals surface area contributed by atoms with Gasteiger partial charge in [-0.25, -0.2) is 4.98 Å². The van der Waals surface area contributed by atoms with Crippen molar-refractivity contribution < 1.29 is 5.11 Å². The predicted molar refractivity (Wildman–Crippen MR) is 104 cm³/mol. The van der Waals surface area contributed by atoms with Gasteiger partial charge in [0.2, 0.25) is 0 Å². The molecule has 0 saturated carbocycles. The summed E-state index contributed by atoms with van der Waals surface area (Å²) in [6.07, 6.45) is 4.71. The van der Waals surface area contributed by atoms with E-state index in [9.17, 15) is 5.11 Å². The van der Waals surface area contributed by atoms with Crippen molar-refractivity contribution in [3.63, 3.8) is 0 Å². The van der Waals surface area contributed by atoms with Gasteiger partial charge in [0.1, 0.15) is 5.82 Å². The average molecular weight is 349 g/mol. The molecule has 1 aliphatic rings. The second-order valence-corrected chi connectivity index (χ2v) is 7.43. The quantitative estimate of drug-likeness (QED) is 0.767. The molecule has 2 aromatic heterocycles. The summed E-state index contributed by atoms with van der Waals surface area (Å²) >= 11 is 0. The van der Waals surface area contributed by atoms with Crippen molar-refractivity contribution in [3.05, 3.63) is 71.8 Å². The van der Waals surface area contributed by atoms with Crippen molar-refractivity contribution in [2.45, 2.75) is 38.8 Å². The number of aliphatic hydroxyl groups is 1. The van der Waals surface area contributed by atoms with Crippen LogP contribution in [0.1, 0.15) is 29.9 Å². The van der Waals surface area contributed by atoms with Crippen molar-refractivity contribution in [3.8, 4) is 0 Å². The Kier molecular flexibility index (Phi) is 5.05. The molecule has 1 unspecified atom stereocenters. The number of aryl methyl sites for hydroxylation is 1. The second-order valence-electron chi connectivity index (χ2n) is 7.43. The van der Waals surface area contributed by atoms with Gasteiger partial charge in [-0.05, 0) is 62.9 Å². The van der Waals surface area contributed by atoms with E-state index in [4.69, 9.17) is 4.98 Å². The van der Waals surface area contributed by atoms with Crippen molar-refractivity contribution in [1.29, 1.82) is 0 Å². The van der Waals surface area contributed by atoms with Crippen LogP contribution in [0.2, 0.25) is 0 Å². The lowest BCUT2D eigenvalue weighted by molar-refractivity contribution is 0.0574. The molecule has 0 spiro atoms. The third-order valence-electron chi connectivity index (χ3n) is 5.64. The number of hydrogen-bond acceptors (Lipinski definition) is 3. The minimum absolute atomic E-state index is 0.241. The number of likely N-dealkylation sites (tertiary alicyclic amines) is 1. The number of pyridine rings is 1. The molecule has 4 rings (SSSR count). The summed E-state index contributed by atoms with van der Waals surface area (Å²) in [5.41, 5.74) is 3.59. The molecular weight excluding hydrogens is 322 g/mol. The normalized spacial score (nSPS) is 17.6. The van der Waals surface area contributed by atoms with Crippen molar-refractivity contribution in [1.82, 2.24) is 14.3 Å². The molecule has 0 aliphatic carbocycles. The summed E-state index contributed by atoms with van der Waals surface area (Å²) in [5, 5.41) is 10.6. The van der Waals surface area contributed by atoms with E-state index < -0.39 is 0 Å². The summed E-state index contributed by atoms with van der Waals surface area (Å²) in [5.74, 6) is 1.44. The fourth-order valence-corrected chi connectivity index (χ4v) is 4.11. The van der Waals surface area contributed by atoms with Crippen LogP contribution < -0.4 is 0 Å². The number of benzene rings is 1. The molecule has 4 heteroatoms. The Hall–Kier alpha value is -2.17. The fourth-order valence-electron chi connectivity index (χ4n) is 4.11. The first kappa shape index (κ1) is 17.3. The largest absolute Gasteiger partial charge is 0.392 e. The highest BCUT2D eigenvalue weighted by atomic mass is 16.3. The third kappa shape index (κ3) is 3.67. The van der Waals surface area contributed by atoms with E-state index in [1.54, 1.807) is 0 Å². The molecule has 1 atom stereocenters. The van der Waals surface area contributed by atoms with Crippen LogP contribution in [0.5, 0.6) is 0 Å². The highest BCUT2D eigenvalue weighted by Gasteiger charge is 2.26. The first-order valence-electron chi connectivity index (χ1n) is 9.57. The maximum absolute atomic E-state index is 10.6. The molecule has 0 amide bonds. The Bertz CT molecular complexity index is 850. The van der Waals surface area contributed by atoms with Gasteiger partial charge in [0.05, 0.1) is 17.3 Å². The topological polar surface area (TPSA) is 40.8 Å². The second kappa shape index (κ2) is 7.60. The predicted octanol–water partition coefficient (Wildman–Crippen LogP) is 3.46. The van der Waals surface area contributed by atoms with E-state index in [-0.39, 0.29) is 6.10 Å². The molecule has 1 aliphatic heterocycles. The number of aliphatic hydroxyl groups excluding tert-OH is 1. The first-order chi connectivity index (χ1) is 12.7. The number of piperidine rings is 1. The van der Waals surface area contributed by atoms with Crippen LogP contribution in [0, 0.1) is 12.8 Å². The number of hydrogen-bond donors (Lipinski definition) is 1. The highest BCUT2D eigenvalue weighted by molar-refractivity contribution is 5.53. The van der Waals surface area contributed by atoms with Crippen LogP contribution in [0.4, 0.5) is 0 Å². The molecule has 3 aromatic rings. The number of nitrogens with zero attached hydrogens (tertiary/aromatic N) is 3. The number of imidazole rings is 1. The lowest BCUT2D eigenvalue weighted by Gasteiger charge is -2.34. The molecule has 136 valence electrons. The van der Waals surface area contributed by atoms with Gasteiger partial charge < -0.3 is 9.51 Å².